The second kappa shape index (κ2) is 21.4. The molecule has 0 amide bonds. The molecule has 2 aromatic carbocycles. The lowest BCUT2D eigenvalue weighted by Crippen LogP contribution is -1.95. The van der Waals surface area contributed by atoms with Crippen molar-refractivity contribution in [1.29, 1.82) is 0 Å². The van der Waals surface area contributed by atoms with Crippen LogP contribution in [0.2, 0.25) is 0 Å². The average molecular weight is 547 g/mol. The summed E-state index contributed by atoms with van der Waals surface area (Å²) < 4.78 is 23.6. The Balaban J connectivity index is 1.99. The molecule has 218 valence electrons. The first-order chi connectivity index (χ1) is 19.7. The molecule has 0 aromatic heterocycles. The van der Waals surface area contributed by atoms with Crippen molar-refractivity contribution in [2.75, 3.05) is 0 Å². The van der Waals surface area contributed by atoms with E-state index < -0.39 is 0 Å². The van der Waals surface area contributed by atoms with Crippen molar-refractivity contribution in [2.45, 2.75) is 105 Å². The molecule has 0 unspecified atom stereocenters. The van der Waals surface area contributed by atoms with Gasteiger partial charge in [0.05, 0.1) is 25.0 Å². The van der Waals surface area contributed by atoms with E-state index in [1.54, 1.807) is 25.0 Å². The number of unbranched alkanes of at least 4 members (excludes halogenated alkanes) is 5. The van der Waals surface area contributed by atoms with Crippen molar-refractivity contribution in [3.63, 3.8) is 0 Å². The van der Waals surface area contributed by atoms with E-state index >= 15 is 0 Å². The fourth-order valence-corrected chi connectivity index (χ4v) is 3.88. The first kappa shape index (κ1) is 32.8. The fraction of sp³-hybridized carbons (Fsp3) is 0.444. The molecular weight excluding hydrogens is 496 g/mol. The van der Waals surface area contributed by atoms with E-state index in [0.717, 1.165) is 100 Å². The number of allylic oxidation sites excluding steroid dienone is 4. The largest absolute Gasteiger partial charge is 0.461 e. The van der Waals surface area contributed by atoms with Crippen LogP contribution in [0.5, 0.6) is 23.0 Å². The van der Waals surface area contributed by atoms with Crippen molar-refractivity contribution in [2.24, 2.45) is 0 Å². The van der Waals surface area contributed by atoms with Crippen LogP contribution in [0.4, 0.5) is 0 Å². The second-order valence-electron chi connectivity index (χ2n) is 9.88. The van der Waals surface area contributed by atoms with Gasteiger partial charge in [0.1, 0.15) is 0 Å². The molecule has 0 atom stereocenters. The van der Waals surface area contributed by atoms with E-state index in [1.807, 2.05) is 24.3 Å². The van der Waals surface area contributed by atoms with E-state index in [2.05, 4.69) is 64.1 Å². The monoisotopic (exact) mass is 546 g/mol. The quantitative estimate of drug-likeness (QED) is 0.115. The summed E-state index contributed by atoms with van der Waals surface area (Å²) in [5, 5.41) is 0. The SMILES string of the molecule is CCCC=COc1ccc(CCCCc2ccc(OC=CCCC)c(OC=CCCC)c2)cc1OC=CCCC. The zero-order valence-electron chi connectivity index (χ0n) is 25.2. The van der Waals surface area contributed by atoms with Gasteiger partial charge in [0.2, 0.25) is 0 Å². The third-order valence-corrected chi connectivity index (χ3v) is 6.18. The smallest absolute Gasteiger partial charge is 0.169 e. The molecule has 0 bridgehead atoms. The van der Waals surface area contributed by atoms with Gasteiger partial charge in [-0.05, 0) is 111 Å². The van der Waals surface area contributed by atoms with Gasteiger partial charge >= 0.3 is 0 Å². The molecule has 0 spiro atoms. The Bertz CT molecular complexity index is 979. The molecule has 4 nitrogen and oxygen atoms in total. The minimum Gasteiger partial charge on any atom is -0.461 e. The molecule has 0 heterocycles. The molecule has 0 aliphatic rings. The molecule has 0 aliphatic carbocycles. The van der Waals surface area contributed by atoms with Crippen LogP contribution in [0.25, 0.3) is 0 Å². The number of benzene rings is 2. The van der Waals surface area contributed by atoms with Gasteiger partial charge in [0.15, 0.2) is 23.0 Å². The molecular formula is C36H50O4. The Labute approximate surface area is 243 Å². The van der Waals surface area contributed by atoms with Crippen LogP contribution >= 0.6 is 0 Å². The van der Waals surface area contributed by atoms with Gasteiger partial charge in [0.25, 0.3) is 0 Å². The summed E-state index contributed by atoms with van der Waals surface area (Å²) >= 11 is 0. The van der Waals surface area contributed by atoms with E-state index in [0.29, 0.717) is 0 Å². The highest BCUT2D eigenvalue weighted by atomic mass is 16.5. The van der Waals surface area contributed by atoms with Gasteiger partial charge in [-0.1, -0.05) is 65.5 Å². The normalized spacial score (nSPS) is 11.8. The van der Waals surface area contributed by atoms with Gasteiger partial charge in [0, 0.05) is 0 Å². The molecule has 2 aromatic rings. The minimum atomic E-state index is 0.740. The van der Waals surface area contributed by atoms with Gasteiger partial charge in [-0.15, -0.1) is 0 Å². The highest BCUT2D eigenvalue weighted by molar-refractivity contribution is 5.45. The van der Waals surface area contributed by atoms with E-state index in [4.69, 9.17) is 18.9 Å². The van der Waals surface area contributed by atoms with Crippen LogP contribution in [0.3, 0.4) is 0 Å². The number of hydrogen-bond donors (Lipinski definition) is 0. The van der Waals surface area contributed by atoms with E-state index in [9.17, 15) is 0 Å². The highest BCUT2D eigenvalue weighted by Crippen LogP contribution is 2.31. The summed E-state index contributed by atoms with van der Waals surface area (Å²) in [5.41, 5.74) is 2.49. The summed E-state index contributed by atoms with van der Waals surface area (Å²) in [6.45, 7) is 8.62. The van der Waals surface area contributed by atoms with Crippen molar-refractivity contribution < 1.29 is 18.9 Å². The van der Waals surface area contributed by atoms with Crippen molar-refractivity contribution in [1.82, 2.24) is 0 Å². The number of hydrogen-bond acceptors (Lipinski definition) is 4. The van der Waals surface area contributed by atoms with Crippen molar-refractivity contribution in [3.8, 4) is 23.0 Å². The van der Waals surface area contributed by atoms with E-state index in [1.165, 1.54) is 11.1 Å². The minimum absolute atomic E-state index is 0.740. The van der Waals surface area contributed by atoms with Gasteiger partial charge in [-0.25, -0.2) is 0 Å². The topological polar surface area (TPSA) is 36.9 Å². The van der Waals surface area contributed by atoms with Crippen LogP contribution in [0.1, 0.15) is 103 Å². The van der Waals surface area contributed by atoms with Crippen molar-refractivity contribution >= 4 is 0 Å². The van der Waals surface area contributed by atoms with Gasteiger partial charge < -0.3 is 18.9 Å². The Morgan fingerprint density at radius 3 is 1.10 bits per heavy atom. The fourth-order valence-electron chi connectivity index (χ4n) is 3.88. The molecule has 0 fully saturated rings. The zero-order valence-corrected chi connectivity index (χ0v) is 25.2. The summed E-state index contributed by atoms with van der Waals surface area (Å²) in [5.74, 6) is 2.99. The van der Waals surface area contributed by atoms with Crippen LogP contribution in [-0.4, -0.2) is 0 Å². The number of rotatable bonds is 21. The molecule has 40 heavy (non-hydrogen) atoms. The molecule has 0 saturated carbocycles. The van der Waals surface area contributed by atoms with Gasteiger partial charge in [-0.3, -0.25) is 0 Å². The maximum absolute atomic E-state index is 5.95. The lowest BCUT2D eigenvalue weighted by Gasteiger charge is -2.11. The van der Waals surface area contributed by atoms with Crippen LogP contribution in [-0.2, 0) is 12.8 Å². The Morgan fingerprint density at radius 2 is 0.775 bits per heavy atom. The standard InChI is InChI=1S/C36H50O4/c1-5-9-15-25-37-33-23-21-31(29-35(33)39-27-17-11-7-3)19-13-14-20-32-22-24-34(38-26-16-10-6-2)36(30-32)40-28-18-12-8-4/h15-18,21-30H,5-14,19-20H2,1-4H3. The maximum atomic E-state index is 5.95. The first-order valence-corrected chi connectivity index (χ1v) is 15.2. The van der Waals surface area contributed by atoms with Crippen molar-refractivity contribution in [3.05, 3.63) is 96.9 Å². The Morgan fingerprint density at radius 1 is 0.450 bits per heavy atom. The summed E-state index contributed by atoms with van der Waals surface area (Å²) in [4.78, 5) is 0. The molecule has 0 radical (unpaired) electrons. The van der Waals surface area contributed by atoms with Crippen LogP contribution in [0, 0.1) is 0 Å². The summed E-state index contributed by atoms with van der Waals surface area (Å²) in [7, 11) is 0. The highest BCUT2D eigenvalue weighted by Gasteiger charge is 2.08. The molecule has 0 aliphatic heterocycles. The maximum Gasteiger partial charge on any atom is 0.169 e. The molecule has 2 rings (SSSR count). The van der Waals surface area contributed by atoms with Crippen LogP contribution in [0.15, 0.2) is 85.8 Å². The third kappa shape index (κ3) is 13.6. The lowest BCUT2D eigenvalue weighted by atomic mass is 10.0. The predicted octanol–water partition coefficient (Wildman–Crippen LogP) is 11.0. The number of ether oxygens (including phenoxy) is 4. The first-order valence-electron chi connectivity index (χ1n) is 15.2. The second-order valence-corrected chi connectivity index (χ2v) is 9.88. The Kier molecular flexibility index (Phi) is 17.6. The lowest BCUT2D eigenvalue weighted by molar-refractivity contribution is 0.413. The predicted molar refractivity (Wildman–Crippen MR) is 168 cm³/mol. The summed E-state index contributed by atoms with van der Waals surface area (Å²) in [6, 6.07) is 12.5. The zero-order chi connectivity index (χ0) is 28.7. The van der Waals surface area contributed by atoms with Crippen LogP contribution < -0.4 is 18.9 Å². The number of aryl methyl sites for hydroxylation is 2. The summed E-state index contributed by atoms with van der Waals surface area (Å²) in [6.07, 6.45) is 27.8. The Hall–Kier alpha value is -3.40. The average Bonchev–Trinajstić information content (AvgIpc) is 2.97. The molecule has 0 saturated heterocycles. The third-order valence-electron chi connectivity index (χ3n) is 6.18. The molecule has 4 heteroatoms. The van der Waals surface area contributed by atoms with Gasteiger partial charge in [-0.2, -0.15) is 0 Å². The molecule has 0 N–H and O–H groups in total. The van der Waals surface area contributed by atoms with E-state index in [-0.39, 0.29) is 0 Å².